The Labute approximate surface area is 155 Å². The van der Waals surface area contributed by atoms with Gasteiger partial charge in [0.25, 0.3) is 0 Å². The van der Waals surface area contributed by atoms with E-state index in [-0.39, 0.29) is 19.8 Å². The number of likely N-dealkylation sites (N-methyl/N-ethyl adjacent to an activating group) is 1. The van der Waals surface area contributed by atoms with Gasteiger partial charge in [-0.15, -0.1) is 0 Å². The van der Waals surface area contributed by atoms with Crippen molar-refractivity contribution in [3.05, 3.63) is 28.2 Å². The first-order valence-corrected chi connectivity index (χ1v) is 9.26. The number of rotatable bonds is 9. The van der Waals surface area contributed by atoms with Gasteiger partial charge in [0.1, 0.15) is 6.61 Å². The molecule has 1 N–H and O–H groups in total. The molecule has 0 radical (unpaired) electrons. The number of aliphatic hydroxyl groups excluding tert-OH is 1. The zero-order valence-corrected chi connectivity index (χ0v) is 16.0. The van der Waals surface area contributed by atoms with Crippen molar-refractivity contribution in [2.24, 2.45) is 0 Å². The van der Waals surface area contributed by atoms with Crippen LogP contribution in [0.1, 0.15) is 6.92 Å². The first-order chi connectivity index (χ1) is 12.0. The van der Waals surface area contributed by atoms with Gasteiger partial charge < -0.3 is 19.5 Å². The lowest BCUT2D eigenvalue weighted by Crippen LogP contribution is -2.48. The second kappa shape index (κ2) is 10.4. The average Bonchev–Trinajstić information content (AvgIpc) is 2.57. The maximum Gasteiger partial charge on any atom is 0.190 e. The molecule has 2 rings (SSSR count). The third-order valence-electron chi connectivity index (χ3n) is 4.13. The molecule has 25 heavy (non-hydrogen) atoms. The van der Waals surface area contributed by atoms with Crippen molar-refractivity contribution in [3.8, 4) is 5.75 Å². The van der Waals surface area contributed by atoms with Crippen LogP contribution in [0.2, 0.25) is 0 Å². The molecule has 1 heterocycles. The summed E-state index contributed by atoms with van der Waals surface area (Å²) in [7, 11) is 0. The van der Waals surface area contributed by atoms with Gasteiger partial charge in [0.05, 0.1) is 19.3 Å². The fourth-order valence-corrected chi connectivity index (χ4v) is 3.13. The number of piperazine rings is 1. The Hall–Kier alpha value is -0.800. The van der Waals surface area contributed by atoms with Gasteiger partial charge >= 0.3 is 0 Å². The molecule has 5 nitrogen and oxygen atoms in total. The molecule has 142 valence electrons. The third-order valence-corrected chi connectivity index (χ3v) is 4.59. The summed E-state index contributed by atoms with van der Waals surface area (Å²) in [5.74, 6) is -1.95. The highest BCUT2D eigenvalue weighted by atomic mass is 79.9. The number of β-amino-alcohol motifs (C(OH)–C–C–N with tert-alkyl or cyclic N) is 1. The van der Waals surface area contributed by atoms with E-state index in [1.807, 2.05) is 0 Å². The van der Waals surface area contributed by atoms with Crippen molar-refractivity contribution >= 4 is 15.9 Å². The van der Waals surface area contributed by atoms with Crippen LogP contribution < -0.4 is 4.74 Å². The second-order valence-electron chi connectivity index (χ2n) is 6.01. The molecule has 0 amide bonds. The van der Waals surface area contributed by atoms with Crippen molar-refractivity contribution in [2.75, 3.05) is 59.1 Å². The molecule has 0 spiro atoms. The second-order valence-corrected chi connectivity index (χ2v) is 6.93. The summed E-state index contributed by atoms with van der Waals surface area (Å²) in [5, 5.41) is 10.0. The Morgan fingerprint density at radius 3 is 2.32 bits per heavy atom. The number of aliphatic hydroxyl groups is 1. The maximum absolute atomic E-state index is 13.6. The smallest absolute Gasteiger partial charge is 0.190 e. The molecular weight excluding hydrogens is 398 g/mol. The number of hydrogen-bond acceptors (Lipinski definition) is 5. The van der Waals surface area contributed by atoms with Gasteiger partial charge in [0, 0.05) is 37.2 Å². The molecule has 1 fully saturated rings. The minimum absolute atomic E-state index is 0.0113. The van der Waals surface area contributed by atoms with Crippen LogP contribution in [-0.4, -0.2) is 80.1 Å². The van der Waals surface area contributed by atoms with Gasteiger partial charge in [-0.05, 0) is 18.7 Å². The molecule has 0 bridgehead atoms. The normalized spacial score (nSPS) is 17.6. The van der Waals surface area contributed by atoms with Crippen LogP contribution in [-0.2, 0) is 4.74 Å². The van der Waals surface area contributed by atoms with Crippen molar-refractivity contribution in [1.82, 2.24) is 9.80 Å². The van der Waals surface area contributed by atoms with Gasteiger partial charge in [0.15, 0.2) is 17.4 Å². The molecular formula is C17H25BrF2N2O3. The average molecular weight is 423 g/mol. The quantitative estimate of drug-likeness (QED) is 0.617. The van der Waals surface area contributed by atoms with Crippen molar-refractivity contribution < 1.29 is 23.4 Å². The maximum atomic E-state index is 13.6. The molecule has 1 aromatic rings. The summed E-state index contributed by atoms with van der Waals surface area (Å²) >= 11 is 3.01. The number of benzene rings is 1. The van der Waals surface area contributed by atoms with Gasteiger partial charge in [-0.3, -0.25) is 4.90 Å². The Bertz CT molecular complexity index is 520. The molecule has 8 heteroatoms. The van der Waals surface area contributed by atoms with Crippen LogP contribution in [0.15, 0.2) is 16.6 Å². The topological polar surface area (TPSA) is 45.2 Å². The highest BCUT2D eigenvalue weighted by Crippen LogP contribution is 2.25. The van der Waals surface area contributed by atoms with E-state index >= 15 is 0 Å². The van der Waals surface area contributed by atoms with Gasteiger partial charge in [-0.1, -0.05) is 22.9 Å². The Kier molecular flexibility index (Phi) is 8.51. The summed E-state index contributed by atoms with van der Waals surface area (Å²) in [4.78, 5) is 4.58. The van der Waals surface area contributed by atoms with Crippen LogP contribution in [0, 0.1) is 11.6 Å². The van der Waals surface area contributed by atoms with Gasteiger partial charge in [0.2, 0.25) is 0 Å². The number of halogens is 3. The monoisotopic (exact) mass is 422 g/mol. The zero-order valence-electron chi connectivity index (χ0n) is 14.4. The summed E-state index contributed by atoms with van der Waals surface area (Å²) in [6.07, 6.45) is -0.589. The molecule has 1 aliphatic rings. The molecule has 1 atom stereocenters. The van der Waals surface area contributed by atoms with Crippen LogP contribution >= 0.6 is 15.9 Å². The molecule has 0 aromatic heterocycles. The van der Waals surface area contributed by atoms with E-state index in [0.717, 1.165) is 44.9 Å². The Balaban J connectivity index is 1.60. The lowest BCUT2D eigenvalue weighted by molar-refractivity contribution is -0.000130. The van der Waals surface area contributed by atoms with Gasteiger partial charge in [-0.2, -0.15) is 0 Å². The lowest BCUT2D eigenvalue weighted by atomic mass is 10.2. The molecule has 0 saturated carbocycles. The lowest BCUT2D eigenvalue weighted by Gasteiger charge is -2.34. The van der Waals surface area contributed by atoms with E-state index in [4.69, 9.17) is 9.47 Å². The van der Waals surface area contributed by atoms with E-state index in [1.165, 1.54) is 0 Å². The summed E-state index contributed by atoms with van der Waals surface area (Å²) < 4.78 is 37.9. The fourth-order valence-electron chi connectivity index (χ4n) is 2.73. The third kappa shape index (κ3) is 6.79. The first-order valence-electron chi connectivity index (χ1n) is 8.47. The minimum Gasteiger partial charge on any atom is -0.485 e. The summed E-state index contributed by atoms with van der Waals surface area (Å²) in [6, 6.07) is 2.28. The minimum atomic E-state index is -0.766. The van der Waals surface area contributed by atoms with Crippen LogP contribution in [0.3, 0.4) is 0 Å². The fraction of sp³-hybridized carbons (Fsp3) is 0.647. The van der Waals surface area contributed by atoms with Crippen molar-refractivity contribution in [1.29, 1.82) is 0 Å². The van der Waals surface area contributed by atoms with Crippen LogP contribution in [0.4, 0.5) is 8.78 Å². The largest absolute Gasteiger partial charge is 0.485 e. The Morgan fingerprint density at radius 1 is 1.12 bits per heavy atom. The SMILES string of the molecule is CCN1CCN(CC(O)COCCOc2c(F)cc(Br)cc2F)CC1. The van der Waals surface area contributed by atoms with E-state index in [9.17, 15) is 13.9 Å². The van der Waals surface area contributed by atoms with E-state index in [1.54, 1.807) is 0 Å². The first kappa shape index (κ1) is 20.5. The Morgan fingerprint density at radius 2 is 1.72 bits per heavy atom. The zero-order chi connectivity index (χ0) is 18.2. The van der Waals surface area contributed by atoms with E-state index in [2.05, 4.69) is 32.7 Å². The predicted molar refractivity (Wildman–Crippen MR) is 94.9 cm³/mol. The van der Waals surface area contributed by atoms with Gasteiger partial charge in [-0.25, -0.2) is 8.78 Å². The highest BCUT2D eigenvalue weighted by molar-refractivity contribution is 9.10. The standard InChI is InChI=1S/C17H25BrF2N2O3/c1-2-21-3-5-22(6-4-21)11-14(23)12-24-7-8-25-17-15(19)9-13(18)10-16(17)20/h9-10,14,23H,2-8,11-12H2,1H3. The van der Waals surface area contributed by atoms with Crippen LogP contribution in [0.25, 0.3) is 0 Å². The molecule has 1 saturated heterocycles. The van der Waals surface area contributed by atoms with Crippen molar-refractivity contribution in [3.63, 3.8) is 0 Å². The van der Waals surface area contributed by atoms with Crippen molar-refractivity contribution in [2.45, 2.75) is 13.0 Å². The predicted octanol–water partition coefficient (Wildman–Crippen LogP) is 2.12. The summed E-state index contributed by atoms with van der Waals surface area (Å²) in [6.45, 7) is 8.01. The number of hydrogen-bond donors (Lipinski definition) is 1. The molecule has 1 aromatic carbocycles. The molecule has 0 aliphatic carbocycles. The van der Waals surface area contributed by atoms with Crippen LogP contribution in [0.5, 0.6) is 5.75 Å². The molecule has 1 unspecified atom stereocenters. The molecule has 1 aliphatic heterocycles. The number of ether oxygens (including phenoxy) is 2. The highest BCUT2D eigenvalue weighted by Gasteiger charge is 2.18. The number of nitrogens with zero attached hydrogens (tertiary/aromatic N) is 2. The summed E-state index contributed by atoms with van der Waals surface area (Å²) in [5.41, 5.74) is 0. The van der Waals surface area contributed by atoms with E-state index < -0.39 is 23.5 Å². The van der Waals surface area contributed by atoms with E-state index in [0.29, 0.717) is 11.0 Å².